The van der Waals surface area contributed by atoms with Gasteiger partial charge in [0.15, 0.2) is 5.89 Å². The van der Waals surface area contributed by atoms with Gasteiger partial charge in [-0.2, -0.15) is 0 Å². The van der Waals surface area contributed by atoms with E-state index >= 15 is 0 Å². The molecular weight excluding hydrogens is 708 g/mol. The Morgan fingerprint density at radius 2 is 2.00 bits per heavy atom. The molecule has 0 saturated heterocycles. The van der Waals surface area contributed by atoms with Crippen LogP contribution in [0.5, 0.6) is 5.75 Å². The van der Waals surface area contributed by atoms with Crippen molar-refractivity contribution in [2.75, 3.05) is 45.8 Å². The molecule has 1 fully saturated rings. The first kappa shape index (κ1) is 38.0. The first-order chi connectivity index (χ1) is 25.2. The number of carbonyl (C=O) groups excluding carboxylic acids is 1. The molecule has 2 aliphatic heterocycles. The van der Waals surface area contributed by atoms with E-state index in [-0.39, 0.29) is 34.3 Å². The predicted molar refractivity (Wildman–Crippen MR) is 214 cm³/mol. The first-order valence-corrected chi connectivity index (χ1v) is 21.2. The molecule has 7 atom stereocenters. The van der Waals surface area contributed by atoms with Crippen LogP contribution in [-0.4, -0.2) is 77.6 Å². The maximum atomic E-state index is 14.0. The molecule has 1 unspecified atom stereocenters. The molecule has 7 rings (SSSR count). The monoisotopic (exact) mass is 762 g/mol. The van der Waals surface area contributed by atoms with E-state index in [2.05, 4.69) is 51.6 Å². The second-order valence-corrected chi connectivity index (χ2v) is 19.2. The number of halogens is 1. The Morgan fingerprint density at radius 3 is 2.74 bits per heavy atom. The molecule has 1 amide bonds. The number of ether oxygens (including phenoxy) is 2. The average Bonchev–Trinajstić information content (AvgIpc) is 3.35. The molecule has 1 saturated carbocycles. The van der Waals surface area contributed by atoms with Crippen molar-refractivity contribution in [1.82, 2.24) is 14.6 Å². The van der Waals surface area contributed by atoms with Crippen molar-refractivity contribution in [2.24, 2.45) is 17.8 Å². The Kier molecular flexibility index (Phi) is 10.6. The van der Waals surface area contributed by atoms with Crippen molar-refractivity contribution >= 4 is 38.8 Å². The third kappa shape index (κ3) is 7.41. The predicted octanol–water partition coefficient (Wildman–Crippen LogP) is 7.17. The van der Waals surface area contributed by atoms with E-state index in [1.807, 2.05) is 46.1 Å². The minimum Gasteiger partial charge on any atom is -0.490 e. The lowest BCUT2D eigenvalue weighted by molar-refractivity contribution is -0.0777. The Balaban J connectivity index is 1.32. The number of methoxy groups -OCH3 is 1. The quantitative estimate of drug-likeness (QED) is 0.216. The maximum absolute atomic E-state index is 14.0. The van der Waals surface area contributed by atoms with Crippen molar-refractivity contribution in [3.8, 4) is 5.75 Å². The summed E-state index contributed by atoms with van der Waals surface area (Å²) in [5, 5.41) is 0.377. The smallest absolute Gasteiger partial charge is 0.262 e. The molecule has 1 aromatic heterocycles. The largest absolute Gasteiger partial charge is 0.490 e. The third-order valence-electron chi connectivity index (χ3n) is 12.6. The van der Waals surface area contributed by atoms with Crippen LogP contribution < -0.4 is 14.4 Å². The highest BCUT2D eigenvalue weighted by molar-refractivity contribution is 7.99. The normalized spacial score (nSPS) is 32.2. The van der Waals surface area contributed by atoms with Gasteiger partial charge in [-0.1, -0.05) is 36.7 Å². The average molecular weight is 763 g/mol. The van der Waals surface area contributed by atoms with E-state index in [0.717, 1.165) is 73.1 Å². The molecule has 3 aromatic rings. The van der Waals surface area contributed by atoms with Gasteiger partial charge in [0.05, 0.1) is 39.7 Å². The minimum absolute atomic E-state index is 0.0211. The van der Waals surface area contributed by atoms with Crippen LogP contribution in [0, 0.1) is 24.7 Å². The van der Waals surface area contributed by atoms with Gasteiger partial charge >= 0.3 is 0 Å². The fraction of sp³-hybridized carbons (Fsp3) is 0.548. The lowest BCUT2D eigenvalue weighted by atomic mass is 9.63. The zero-order valence-corrected chi connectivity index (χ0v) is 33.7. The number of aromatic nitrogens is 1. The number of anilines is 1. The van der Waals surface area contributed by atoms with E-state index in [0.29, 0.717) is 37.4 Å². The number of nitrogens with one attached hydrogen (secondary N) is 1. The van der Waals surface area contributed by atoms with Gasteiger partial charge in [-0.15, -0.1) is 0 Å². The Morgan fingerprint density at radius 1 is 1.19 bits per heavy atom. The van der Waals surface area contributed by atoms with Gasteiger partial charge in [0, 0.05) is 48.0 Å². The number of fused-ring (bicyclic) bond motifs is 4. The van der Waals surface area contributed by atoms with Crippen LogP contribution in [-0.2, 0) is 39.2 Å². The van der Waals surface area contributed by atoms with Crippen molar-refractivity contribution < 1.29 is 22.9 Å². The summed E-state index contributed by atoms with van der Waals surface area (Å²) in [5.41, 5.74) is 3.89. The van der Waals surface area contributed by atoms with Gasteiger partial charge in [0.2, 0.25) is 0 Å². The number of oxazole rings is 1. The summed E-state index contributed by atoms with van der Waals surface area (Å²) in [5.74, 6) is 6.36. The van der Waals surface area contributed by atoms with Crippen molar-refractivity contribution in [2.45, 2.75) is 88.5 Å². The number of hydrogen-bond donors (Lipinski definition) is 1. The highest BCUT2D eigenvalue weighted by atomic mass is 35.5. The molecular formula is C42H55ClN4O5S. The van der Waals surface area contributed by atoms with Crippen LogP contribution in [0.1, 0.15) is 84.8 Å². The van der Waals surface area contributed by atoms with Gasteiger partial charge in [-0.05, 0) is 132 Å². The SMILES string of the molecule is C=S1(=O)NC(=O)c2ccc3c(c2)N(C[C@@H]2CC[C@H]2[C@@](Cc2nc(CN(C)C)c(C)o2)(OC)/C=C/C[C@H](C)[C@H]1C)C[C@@]1(CCCc2cc(Cl)ccc21)CO3. The van der Waals surface area contributed by atoms with Gasteiger partial charge in [-0.25, -0.2) is 9.19 Å². The van der Waals surface area contributed by atoms with Crippen LogP contribution in [0.3, 0.4) is 0 Å². The van der Waals surface area contributed by atoms with Gasteiger partial charge < -0.3 is 23.7 Å². The number of amides is 1. The summed E-state index contributed by atoms with van der Waals surface area (Å²) in [7, 11) is 2.88. The lowest BCUT2D eigenvalue weighted by Crippen LogP contribution is -2.54. The van der Waals surface area contributed by atoms with E-state index < -0.39 is 15.3 Å². The topological polar surface area (TPSA) is 97.1 Å². The second-order valence-electron chi connectivity index (χ2n) is 16.4. The molecule has 286 valence electrons. The first-order valence-electron chi connectivity index (χ1n) is 19.0. The number of allylic oxidation sites excluding steroid dienone is 1. The van der Waals surface area contributed by atoms with Gasteiger partial charge in [-0.3, -0.25) is 9.52 Å². The number of carbonyl (C=O) groups is 1. The number of nitrogens with zero attached hydrogens (tertiary/aromatic N) is 3. The summed E-state index contributed by atoms with van der Waals surface area (Å²) < 4.78 is 36.6. The molecule has 4 aliphatic rings. The van der Waals surface area contributed by atoms with Crippen LogP contribution >= 0.6 is 11.6 Å². The fourth-order valence-corrected chi connectivity index (χ4v) is 10.9. The van der Waals surface area contributed by atoms with E-state index in [4.69, 9.17) is 30.5 Å². The molecule has 2 bridgehead atoms. The summed E-state index contributed by atoms with van der Waals surface area (Å²) >= 11 is 6.51. The van der Waals surface area contributed by atoms with Crippen LogP contribution in [0.4, 0.5) is 5.69 Å². The van der Waals surface area contributed by atoms with Gasteiger partial charge in [0.25, 0.3) is 5.91 Å². The molecule has 1 spiro atoms. The molecule has 0 radical (unpaired) electrons. The Labute approximate surface area is 320 Å². The number of hydrogen-bond acceptors (Lipinski definition) is 8. The maximum Gasteiger partial charge on any atom is 0.262 e. The van der Waals surface area contributed by atoms with E-state index in [1.165, 1.54) is 11.1 Å². The van der Waals surface area contributed by atoms with Gasteiger partial charge in [0.1, 0.15) is 11.5 Å². The number of rotatable bonds is 5. The molecule has 53 heavy (non-hydrogen) atoms. The summed E-state index contributed by atoms with van der Waals surface area (Å²) in [6.07, 6.45) is 10.6. The minimum atomic E-state index is -2.99. The number of aryl methyl sites for hydroxylation is 2. The van der Waals surface area contributed by atoms with Crippen LogP contribution in [0.25, 0.3) is 0 Å². The fourth-order valence-electron chi connectivity index (χ4n) is 9.18. The Hall–Kier alpha value is -3.31. The number of benzene rings is 2. The molecule has 11 heteroatoms. The van der Waals surface area contributed by atoms with Crippen molar-refractivity contribution in [1.29, 1.82) is 0 Å². The highest BCUT2D eigenvalue weighted by Crippen LogP contribution is 2.50. The standard InChI is InChI=1S/C42H55ClN4O5S/c1-27-10-8-19-42(50-6,22-39-44-36(24-46(4)5)28(2)52-39)35-15-12-32(35)23-47-25-41(18-9-11-30-20-33(43)14-16-34(30)41)26-51-38-17-13-31(21-37(38)47)40(48)45-53(7,49)29(27)3/h8,13-14,16-17,19-21,27,29,32,35H,7,9-12,15,18,22-26H2,1-6H3,(H,45,48,49)/b19-8+/t27-,29+,32-,35+,41-,42+,53?/m0/s1. The van der Waals surface area contributed by atoms with E-state index in [1.54, 1.807) is 13.2 Å². The van der Waals surface area contributed by atoms with Crippen molar-refractivity contribution in [3.63, 3.8) is 0 Å². The second kappa shape index (κ2) is 14.7. The highest BCUT2D eigenvalue weighted by Gasteiger charge is 2.50. The van der Waals surface area contributed by atoms with E-state index in [9.17, 15) is 9.00 Å². The summed E-state index contributed by atoms with van der Waals surface area (Å²) in [6, 6.07) is 11.9. The summed E-state index contributed by atoms with van der Waals surface area (Å²) in [4.78, 5) is 23.3. The molecule has 2 aromatic carbocycles. The van der Waals surface area contributed by atoms with Crippen LogP contribution in [0.2, 0.25) is 5.02 Å². The van der Waals surface area contributed by atoms with Crippen LogP contribution in [0.15, 0.2) is 53.0 Å². The molecule has 2 aliphatic carbocycles. The molecule has 3 heterocycles. The third-order valence-corrected chi connectivity index (χ3v) is 15.0. The summed E-state index contributed by atoms with van der Waals surface area (Å²) in [6.45, 7) is 8.66. The van der Waals surface area contributed by atoms with Crippen molar-refractivity contribution in [3.05, 3.63) is 87.6 Å². The lowest BCUT2D eigenvalue weighted by Gasteiger charge is -2.50. The Bertz CT molecular complexity index is 1990. The molecule has 1 N–H and O–H groups in total. The zero-order valence-electron chi connectivity index (χ0n) is 32.1. The zero-order chi connectivity index (χ0) is 37.7. The molecule has 9 nitrogen and oxygen atoms in total.